The van der Waals surface area contributed by atoms with Crippen molar-refractivity contribution in [2.24, 2.45) is 0 Å². The zero-order valence-corrected chi connectivity index (χ0v) is 9.36. The standard InChI is InChI=1S/C13H13NO2/c1-9-7-12-4-3-11(10(2)16)8-13(12)14(9)5-6-15/h3-4,6-8H,5H2,1-2H3. The zero-order valence-electron chi connectivity index (χ0n) is 9.36. The van der Waals surface area contributed by atoms with Crippen LogP contribution in [0.3, 0.4) is 0 Å². The lowest BCUT2D eigenvalue weighted by Crippen LogP contribution is -2.01. The van der Waals surface area contributed by atoms with Crippen LogP contribution in [-0.2, 0) is 11.3 Å². The van der Waals surface area contributed by atoms with Gasteiger partial charge in [-0.3, -0.25) is 4.79 Å². The van der Waals surface area contributed by atoms with Gasteiger partial charge in [0.25, 0.3) is 0 Å². The van der Waals surface area contributed by atoms with E-state index in [0.29, 0.717) is 12.1 Å². The molecule has 1 aromatic heterocycles. The normalized spacial score (nSPS) is 10.6. The number of ketones is 1. The predicted molar refractivity (Wildman–Crippen MR) is 62.7 cm³/mol. The number of aldehydes is 1. The van der Waals surface area contributed by atoms with Crippen molar-refractivity contribution in [1.29, 1.82) is 0 Å². The lowest BCUT2D eigenvalue weighted by Gasteiger charge is -2.03. The summed E-state index contributed by atoms with van der Waals surface area (Å²) in [5, 5.41) is 1.06. The Labute approximate surface area is 93.7 Å². The van der Waals surface area contributed by atoms with Crippen LogP contribution in [0, 0.1) is 6.92 Å². The van der Waals surface area contributed by atoms with E-state index in [1.807, 2.05) is 35.8 Å². The molecule has 2 rings (SSSR count). The third-order valence-electron chi connectivity index (χ3n) is 2.78. The van der Waals surface area contributed by atoms with Crippen molar-refractivity contribution in [3.8, 4) is 0 Å². The number of carbonyl (C=O) groups is 2. The van der Waals surface area contributed by atoms with E-state index in [0.717, 1.165) is 22.9 Å². The molecular weight excluding hydrogens is 202 g/mol. The Hall–Kier alpha value is -1.90. The van der Waals surface area contributed by atoms with Gasteiger partial charge in [0, 0.05) is 16.8 Å². The first kappa shape index (κ1) is 10.6. The van der Waals surface area contributed by atoms with Gasteiger partial charge in [-0.25, -0.2) is 0 Å². The van der Waals surface area contributed by atoms with Crippen LogP contribution >= 0.6 is 0 Å². The van der Waals surface area contributed by atoms with E-state index in [4.69, 9.17) is 0 Å². The van der Waals surface area contributed by atoms with E-state index >= 15 is 0 Å². The van der Waals surface area contributed by atoms with Crippen LogP contribution in [0.15, 0.2) is 24.3 Å². The van der Waals surface area contributed by atoms with Gasteiger partial charge in [-0.1, -0.05) is 12.1 Å². The molecule has 0 aliphatic heterocycles. The van der Waals surface area contributed by atoms with Crippen molar-refractivity contribution in [2.75, 3.05) is 0 Å². The van der Waals surface area contributed by atoms with E-state index in [-0.39, 0.29) is 5.78 Å². The molecule has 1 aromatic carbocycles. The number of hydrogen-bond acceptors (Lipinski definition) is 2. The van der Waals surface area contributed by atoms with Crippen molar-refractivity contribution >= 4 is 23.0 Å². The van der Waals surface area contributed by atoms with Crippen molar-refractivity contribution in [2.45, 2.75) is 20.4 Å². The molecule has 3 nitrogen and oxygen atoms in total. The van der Waals surface area contributed by atoms with Crippen molar-refractivity contribution in [1.82, 2.24) is 4.57 Å². The summed E-state index contributed by atoms with van der Waals surface area (Å²) < 4.78 is 1.91. The van der Waals surface area contributed by atoms with E-state index < -0.39 is 0 Å². The first-order chi connectivity index (χ1) is 7.63. The van der Waals surface area contributed by atoms with E-state index in [1.54, 1.807) is 6.92 Å². The highest BCUT2D eigenvalue weighted by molar-refractivity contribution is 5.98. The molecule has 82 valence electrons. The van der Waals surface area contributed by atoms with E-state index in [1.165, 1.54) is 0 Å². The fraction of sp³-hybridized carbons (Fsp3) is 0.231. The Balaban J connectivity index is 2.68. The summed E-state index contributed by atoms with van der Waals surface area (Å²) in [5.41, 5.74) is 2.65. The minimum atomic E-state index is 0.0402. The molecule has 0 amide bonds. The second-order valence-electron chi connectivity index (χ2n) is 3.89. The monoisotopic (exact) mass is 215 g/mol. The van der Waals surface area contributed by atoms with Gasteiger partial charge in [0.1, 0.15) is 6.29 Å². The Kier molecular flexibility index (Phi) is 2.60. The molecule has 0 bridgehead atoms. The average molecular weight is 215 g/mol. The number of rotatable bonds is 3. The van der Waals surface area contributed by atoms with Crippen LogP contribution in [0.4, 0.5) is 0 Å². The lowest BCUT2D eigenvalue weighted by molar-refractivity contribution is -0.108. The maximum atomic E-state index is 11.3. The summed E-state index contributed by atoms with van der Waals surface area (Å²) in [6, 6.07) is 7.59. The number of carbonyl (C=O) groups excluding carboxylic acids is 2. The highest BCUT2D eigenvalue weighted by Gasteiger charge is 2.07. The minimum absolute atomic E-state index is 0.0402. The third-order valence-corrected chi connectivity index (χ3v) is 2.78. The average Bonchev–Trinajstić information content (AvgIpc) is 2.55. The molecule has 0 saturated heterocycles. The Bertz CT molecular complexity index is 567. The van der Waals surface area contributed by atoms with Crippen LogP contribution in [0.5, 0.6) is 0 Å². The predicted octanol–water partition coefficient (Wildman–Crippen LogP) is 2.35. The third kappa shape index (κ3) is 1.65. The molecule has 1 heterocycles. The van der Waals surface area contributed by atoms with Crippen molar-refractivity contribution in [3.63, 3.8) is 0 Å². The number of hydrogen-bond donors (Lipinski definition) is 0. The van der Waals surface area contributed by atoms with Gasteiger partial charge in [-0.2, -0.15) is 0 Å². The molecule has 0 aliphatic carbocycles. The number of fused-ring (bicyclic) bond motifs is 1. The molecule has 0 N–H and O–H groups in total. The molecule has 3 heteroatoms. The molecule has 2 aromatic rings. The Morgan fingerprint density at radius 1 is 1.38 bits per heavy atom. The van der Waals surface area contributed by atoms with Gasteiger partial charge in [-0.05, 0) is 31.4 Å². The fourth-order valence-corrected chi connectivity index (χ4v) is 1.93. The second kappa shape index (κ2) is 3.93. The maximum absolute atomic E-state index is 11.3. The molecule has 0 spiro atoms. The smallest absolute Gasteiger partial charge is 0.159 e. The zero-order chi connectivity index (χ0) is 11.7. The van der Waals surface area contributed by atoms with Crippen LogP contribution in [0.1, 0.15) is 23.0 Å². The summed E-state index contributed by atoms with van der Waals surface area (Å²) in [6.07, 6.45) is 0.868. The number of aromatic nitrogens is 1. The Morgan fingerprint density at radius 2 is 2.12 bits per heavy atom. The summed E-state index contributed by atoms with van der Waals surface area (Å²) in [7, 11) is 0. The summed E-state index contributed by atoms with van der Waals surface area (Å²) in [5.74, 6) is 0.0402. The van der Waals surface area contributed by atoms with Crippen LogP contribution in [0.25, 0.3) is 10.9 Å². The van der Waals surface area contributed by atoms with E-state index in [9.17, 15) is 9.59 Å². The van der Waals surface area contributed by atoms with Crippen LogP contribution in [-0.4, -0.2) is 16.6 Å². The minimum Gasteiger partial charge on any atom is -0.338 e. The first-order valence-corrected chi connectivity index (χ1v) is 5.18. The summed E-state index contributed by atoms with van der Waals surface area (Å²) in [6.45, 7) is 3.83. The van der Waals surface area contributed by atoms with Crippen molar-refractivity contribution < 1.29 is 9.59 Å². The van der Waals surface area contributed by atoms with Gasteiger partial charge in [0.15, 0.2) is 5.78 Å². The van der Waals surface area contributed by atoms with Crippen LogP contribution in [0.2, 0.25) is 0 Å². The van der Waals surface area contributed by atoms with Gasteiger partial charge in [0.2, 0.25) is 0 Å². The quantitative estimate of drug-likeness (QED) is 0.582. The van der Waals surface area contributed by atoms with E-state index in [2.05, 4.69) is 0 Å². The largest absolute Gasteiger partial charge is 0.338 e. The summed E-state index contributed by atoms with van der Waals surface area (Å²) in [4.78, 5) is 21.9. The molecular formula is C13H13NO2. The number of benzene rings is 1. The number of nitrogens with zero attached hydrogens (tertiary/aromatic N) is 1. The molecule has 16 heavy (non-hydrogen) atoms. The molecule has 0 unspecified atom stereocenters. The molecule has 0 atom stereocenters. The first-order valence-electron chi connectivity index (χ1n) is 5.18. The fourth-order valence-electron chi connectivity index (χ4n) is 1.93. The number of aryl methyl sites for hydroxylation is 1. The molecule has 0 saturated carbocycles. The summed E-state index contributed by atoms with van der Waals surface area (Å²) >= 11 is 0. The Morgan fingerprint density at radius 3 is 2.75 bits per heavy atom. The second-order valence-corrected chi connectivity index (χ2v) is 3.89. The molecule has 0 radical (unpaired) electrons. The topological polar surface area (TPSA) is 39.1 Å². The van der Waals surface area contributed by atoms with Gasteiger partial charge in [0.05, 0.1) is 6.54 Å². The lowest BCUT2D eigenvalue weighted by atomic mass is 10.1. The van der Waals surface area contributed by atoms with Crippen LogP contribution < -0.4 is 0 Å². The number of Topliss-reactive ketones (excluding diaryl/α,β-unsaturated/α-hetero) is 1. The van der Waals surface area contributed by atoms with Crippen molar-refractivity contribution in [3.05, 3.63) is 35.5 Å². The molecule has 0 aliphatic rings. The molecule has 0 fully saturated rings. The SMILES string of the molecule is CC(=O)c1ccc2cc(C)n(CC=O)c2c1. The van der Waals surface area contributed by atoms with Gasteiger partial charge >= 0.3 is 0 Å². The van der Waals surface area contributed by atoms with Gasteiger partial charge < -0.3 is 9.36 Å². The maximum Gasteiger partial charge on any atom is 0.159 e. The highest BCUT2D eigenvalue weighted by atomic mass is 16.1. The highest BCUT2D eigenvalue weighted by Crippen LogP contribution is 2.21. The van der Waals surface area contributed by atoms with Gasteiger partial charge in [-0.15, -0.1) is 0 Å².